The van der Waals surface area contributed by atoms with E-state index in [0.717, 1.165) is 21.0 Å². The fourth-order valence-electron chi connectivity index (χ4n) is 3.07. The lowest BCUT2D eigenvalue weighted by molar-refractivity contribution is -0.598. The van der Waals surface area contributed by atoms with Crippen LogP contribution in [0.25, 0.3) is 5.69 Å². The number of hydrogen-bond acceptors (Lipinski definition) is 5. The maximum absolute atomic E-state index is 13.5. The Bertz CT molecular complexity index is 1140. The lowest BCUT2D eigenvalue weighted by atomic mass is 10.0. The minimum absolute atomic E-state index is 0. The van der Waals surface area contributed by atoms with E-state index >= 15 is 0 Å². The zero-order valence-corrected chi connectivity index (χ0v) is 23.2. The monoisotopic (exact) mass is 613 g/mol. The zero-order chi connectivity index (χ0) is 23.3. The van der Waals surface area contributed by atoms with E-state index in [-0.39, 0.29) is 48.8 Å². The number of benzene rings is 1. The van der Waals surface area contributed by atoms with Crippen LogP contribution in [0, 0.1) is 6.92 Å². The molecular formula is C25H25ClINO3S2. The Balaban J connectivity index is 0.00000385. The molecule has 1 aromatic carbocycles. The Morgan fingerprint density at radius 1 is 1.15 bits per heavy atom. The van der Waals surface area contributed by atoms with Crippen molar-refractivity contribution in [1.29, 1.82) is 0 Å². The molecule has 0 saturated heterocycles. The molecule has 4 nitrogen and oxygen atoms in total. The minimum atomic E-state index is -0.360. The summed E-state index contributed by atoms with van der Waals surface area (Å²) in [6, 6.07) is 10.8. The number of carbonyl (C=O) groups excluding carboxylic acids is 2. The quantitative estimate of drug-likeness (QED) is 0.0930. The summed E-state index contributed by atoms with van der Waals surface area (Å²) in [6.45, 7) is 10.0. The van der Waals surface area contributed by atoms with E-state index in [4.69, 9.17) is 16.3 Å². The molecule has 0 bridgehead atoms. The Hall–Kier alpha value is -1.68. The molecule has 0 fully saturated rings. The maximum atomic E-state index is 13.5. The Morgan fingerprint density at radius 2 is 1.79 bits per heavy atom. The molecule has 0 amide bonds. The molecule has 2 aromatic heterocycles. The summed E-state index contributed by atoms with van der Waals surface area (Å²) in [6.07, 6.45) is 3.92. The molecule has 0 radical (unpaired) electrons. The number of hydrogen-bond donors (Lipinski definition) is 0. The van der Waals surface area contributed by atoms with Gasteiger partial charge in [-0.2, -0.15) is 4.57 Å². The Morgan fingerprint density at radius 3 is 2.36 bits per heavy atom. The summed E-state index contributed by atoms with van der Waals surface area (Å²) in [7, 11) is 0. The normalized spacial score (nSPS) is 10.4. The largest absolute Gasteiger partial charge is 1.00 e. The van der Waals surface area contributed by atoms with Crippen LogP contribution < -0.4 is 28.5 Å². The van der Waals surface area contributed by atoms with Crippen LogP contribution >= 0.6 is 34.7 Å². The second-order valence-corrected chi connectivity index (χ2v) is 10.1. The summed E-state index contributed by atoms with van der Waals surface area (Å²) in [5, 5.41) is 0.563. The van der Waals surface area contributed by atoms with Crippen molar-refractivity contribution < 1.29 is 42.9 Å². The number of pyridine rings is 1. The summed E-state index contributed by atoms with van der Waals surface area (Å²) >= 11 is 9.03. The van der Waals surface area contributed by atoms with Crippen molar-refractivity contribution in [1.82, 2.24) is 0 Å². The van der Waals surface area contributed by atoms with E-state index in [2.05, 4.69) is 6.58 Å². The number of thiophene rings is 1. The first-order chi connectivity index (χ1) is 15.3. The average Bonchev–Trinajstić information content (AvgIpc) is 3.11. The summed E-state index contributed by atoms with van der Waals surface area (Å²) in [4.78, 5) is 26.5. The molecule has 0 aliphatic heterocycles. The van der Waals surface area contributed by atoms with Gasteiger partial charge in [0.25, 0.3) is 0 Å². The topological polar surface area (TPSA) is 47.3 Å². The van der Waals surface area contributed by atoms with Crippen LogP contribution in [0.4, 0.5) is 0 Å². The second kappa shape index (κ2) is 12.7. The third kappa shape index (κ3) is 7.15. The summed E-state index contributed by atoms with van der Waals surface area (Å²) < 4.78 is 8.15. The molecule has 0 saturated carbocycles. The van der Waals surface area contributed by atoms with Crippen LogP contribution in [-0.2, 0) is 16.0 Å². The van der Waals surface area contributed by atoms with E-state index in [1.54, 1.807) is 43.0 Å². The fourth-order valence-corrected chi connectivity index (χ4v) is 5.61. The van der Waals surface area contributed by atoms with Gasteiger partial charge in [0, 0.05) is 28.5 Å². The van der Waals surface area contributed by atoms with Gasteiger partial charge in [-0.15, -0.1) is 23.1 Å². The van der Waals surface area contributed by atoms with Gasteiger partial charge < -0.3 is 28.7 Å². The van der Waals surface area contributed by atoms with Gasteiger partial charge in [0.05, 0.1) is 23.5 Å². The number of aryl methyl sites for hydroxylation is 1. The van der Waals surface area contributed by atoms with Crippen molar-refractivity contribution in [2.45, 2.75) is 31.4 Å². The fraction of sp³-hybridized carbons (Fsp3) is 0.240. The third-order valence-corrected chi connectivity index (χ3v) is 7.55. The van der Waals surface area contributed by atoms with Crippen LogP contribution in [0.2, 0.25) is 5.02 Å². The van der Waals surface area contributed by atoms with E-state index in [9.17, 15) is 9.59 Å². The van der Waals surface area contributed by atoms with Gasteiger partial charge in [0.2, 0.25) is 11.5 Å². The van der Waals surface area contributed by atoms with E-state index in [1.807, 2.05) is 42.9 Å². The standard InChI is InChI=1S/C25H25ClNO3S2.HI/c1-5-30-21(28)14-20-22(27-12-10-17(4)11-13-27)25(31-15-16(2)3)32-24(20)23(29)18-6-8-19(26)9-7-18;/h6-13H,2,5,14-15H2,1,3-4H3;1H/q+1;/p-1. The molecule has 0 N–H and O–H groups in total. The number of nitrogens with zero attached hydrogens (tertiary/aromatic N) is 1. The van der Waals surface area contributed by atoms with Gasteiger partial charge in [0.15, 0.2) is 12.4 Å². The number of ketones is 1. The SMILES string of the molecule is C=C(C)CSc1sc(C(=O)c2ccc(Cl)cc2)c(CC(=O)OCC)c1-[n+]1ccc(C)cc1.[I-]. The number of aromatic nitrogens is 1. The van der Waals surface area contributed by atoms with Gasteiger partial charge in [-0.25, -0.2) is 0 Å². The number of ether oxygens (including phenoxy) is 1. The van der Waals surface area contributed by atoms with Crippen molar-refractivity contribution in [3.63, 3.8) is 0 Å². The molecule has 0 unspecified atom stereocenters. The number of esters is 1. The highest BCUT2D eigenvalue weighted by atomic mass is 127. The van der Waals surface area contributed by atoms with E-state index < -0.39 is 0 Å². The predicted octanol–water partition coefficient (Wildman–Crippen LogP) is 3.00. The van der Waals surface area contributed by atoms with Gasteiger partial charge in [-0.3, -0.25) is 9.59 Å². The molecule has 8 heteroatoms. The van der Waals surface area contributed by atoms with Crippen LogP contribution in [0.1, 0.15) is 40.2 Å². The first-order valence-corrected chi connectivity index (χ1v) is 12.3. The molecule has 3 aromatic rings. The zero-order valence-electron chi connectivity index (χ0n) is 18.7. The number of rotatable bonds is 9. The van der Waals surface area contributed by atoms with E-state index in [0.29, 0.717) is 26.8 Å². The number of carbonyl (C=O) groups is 2. The number of halogens is 2. The minimum Gasteiger partial charge on any atom is -1.00 e. The van der Waals surface area contributed by atoms with Gasteiger partial charge in [-0.1, -0.05) is 23.8 Å². The highest BCUT2D eigenvalue weighted by Crippen LogP contribution is 2.39. The first kappa shape index (κ1) is 27.6. The predicted molar refractivity (Wildman–Crippen MR) is 131 cm³/mol. The summed E-state index contributed by atoms with van der Waals surface area (Å²) in [5.41, 5.74) is 4.19. The molecule has 0 atom stereocenters. The van der Waals surface area contributed by atoms with Gasteiger partial charge in [-0.05, 0) is 50.6 Å². The molecule has 3 rings (SSSR count). The average molecular weight is 614 g/mol. The van der Waals surface area contributed by atoms with Crippen LogP contribution in [0.5, 0.6) is 0 Å². The lowest BCUT2D eigenvalue weighted by Crippen LogP contribution is -3.00. The molecule has 0 aliphatic carbocycles. The molecular weight excluding hydrogens is 589 g/mol. The lowest BCUT2D eigenvalue weighted by Gasteiger charge is -2.06. The van der Waals surface area contributed by atoms with Crippen LogP contribution in [0.15, 0.2) is 65.2 Å². The summed E-state index contributed by atoms with van der Waals surface area (Å²) in [5.74, 6) is 0.218. The van der Waals surface area contributed by atoms with E-state index in [1.165, 1.54) is 11.3 Å². The molecule has 33 heavy (non-hydrogen) atoms. The van der Waals surface area contributed by atoms with Crippen molar-refractivity contribution in [3.8, 4) is 5.69 Å². The first-order valence-electron chi connectivity index (χ1n) is 10.2. The van der Waals surface area contributed by atoms with Gasteiger partial charge >= 0.3 is 5.97 Å². The van der Waals surface area contributed by atoms with Crippen molar-refractivity contribution in [2.24, 2.45) is 0 Å². The Labute approximate surface area is 225 Å². The van der Waals surface area contributed by atoms with Crippen molar-refractivity contribution in [2.75, 3.05) is 12.4 Å². The highest BCUT2D eigenvalue weighted by Gasteiger charge is 2.31. The molecule has 174 valence electrons. The van der Waals surface area contributed by atoms with Crippen molar-refractivity contribution >= 4 is 46.5 Å². The van der Waals surface area contributed by atoms with Gasteiger partial charge in [0.1, 0.15) is 4.21 Å². The highest BCUT2D eigenvalue weighted by molar-refractivity contribution is 8.01. The molecule has 0 spiro atoms. The van der Waals surface area contributed by atoms with Crippen molar-refractivity contribution in [3.05, 3.63) is 87.5 Å². The van der Waals surface area contributed by atoms with Crippen LogP contribution in [0.3, 0.4) is 0 Å². The second-order valence-electron chi connectivity index (χ2n) is 7.39. The Kier molecular flexibility index (Phi) is 10.6. The number of thioether (sulfide) groups is 1. The smallest absolute Gasteiger partial charge is 0.310 e. The molecule has 2 heterocycles. The molecule has 0 aliphatic rings. The third-order valence-electron chi connectivity index (χ3n) is 4.59. The van der Waals surface area contributed by atoms with Crippen LogP contribution in [-0.4, -0.2) is 24.1 Å². The maximum Gasteiger partial charge on any atom is 0.310 e.